The molecule has 2 rings (SSSR count). The van der Waals surface area contributed by atoms with Gasteiger partial charge in [-0.25, -0.2) is 0 Å². The molecule has 0 saturated heterocycles. The molecular weight excluding hydrogens is 270 g/mol. The minimum Gasteiger partial charge on any atom is -0.409 e. The molecule has 0 bridgehead atoms. The lowest BCUT2D eigenvalue weighted by Gasteiger charge is -2.47. The van der Waals surface area contributed by atoms with Gasteiger partial charge in [0.1, 0.15) is 5.69 Å². The van der Waals surface area contributed by atoms with Crippen LogP contribution in [0.5, 0.6) is 0 Å². The van der Waals surface area contributed by atoms with Crippen molar-refractivity contribution in [3.63, 3.8) is 0 Å². The van der Waals surface area contributed by atoms with Crippen molar-refractivity contribution in [2.75, 3.05) is 20.6 Å². The second-order valence-corrected chi connectivity index (χ2v) is 5.57. The van der Waals surface area contributed by atoms with Crippen LogP contribution in [0.3, 0.4) is 0 Å². The van der Waals surface area contributed by atoms with Gasteiger partial charge in [-0.1, -0.05) is 5.16 Å². The van der Waals surface area contributed by atoms with Gasteiger partial charge in [0.15, 0.2) is 5.84 Å². The number of nitrogens with two attached hydrogens (primary N) is 1. The van der Waals surface area contributed by atoms with Gasteiger partial charge in [0.25, 0.3) is 5.91 Å². The molecule has 1 amide bonds. The molecule has 1 saturated carbocycles. The third-order valence-electron chi connectivity index (χ3n) is 4.21. The fourth-order valence-corrected chi connectivity index (χ4v) is 2.44. The smallest absolute Gasteiger partial charge is 0.269 e. The Morgan fingerprint density at radius 2 is 2.24 bits per heavy atom. The maximum Gasteiger partial charge on any atom is 0.269 e. The summed E-state index contributed by atoms with van der Waals surface area (Å²) in [7, 11) is 4.07. The molecule has 4 N–H and O–H groups in total. The maximum atomic E-state index is 12.1. The third kappa shape index (κ3) is 3.13. The van der Waals surface area contributed by atoms with Gasteiger partial charge in [-0.3, -0.25) is 9.78 Å². The molecule has 114 valence electrons. The first-order chi connectivity index (χ1) is 9.98. The van der Waals surface area contributed by atoms with Crippen LogP contribution in [0.15, 0.2) is 23.5 Å². The molecule has 21 heavy (non-hydrogen) atoms. The van der Waals surface area contributed by atoms with Crippen molar-refractivity contribution in [3.8, 4) is 0 Å². The van der Waals surface area contributed by atoms with Crippen molar-refractivity contribution in [2.45, 2.75) is 24.8 Å². The molecule has 0 spiro atoms. The van der Waals surface area contributed by atoms with Gasteiger partial charge in [0.2, 0.25) is 0 Å². The van der Waals surface area contributed by atoms with E-state index in [1.54, 1.807) is 12.1 Å². The van der Waals surface area contributed by atoms with Crippen molar-refractivity contribution in [1.82, 2.24) is 15.2 Å². The summed E-state index contributed by atoms with van der Waals surface area (Å²) in [6.45, 7) is 0.614. The number of carbonyl (C=O) groups excluding carboxylic acids is 1. The van der Waals surface area contributed by atoms with E-state index in [-0.39, 0.29) is 17.3 Å². The minimum absolute atomic E-state index is 0.0320. The molecule has 1 aromatic heterocycles. The van der Waals surface area contributed by atoms with Gasteiger partial charge in [-0.05, 0) is 45.5 Å². The van der Waals surface area contributed by atoms with Crippen LogP contribution in [0.2, 0.25) is 0 Å². The van der Waals surface area contributed by atoms with E-state index in [4.69, 9.17) is 10.9 Å². The highest BCUT2D eigenvalue weighted by atomic mass is 16.4. The van der Waals surface area contributed by atoms with Crippen LogP contribution in [0.4, 0.5) is 0 Å². The Hall–Kier alpha value is -2.15. The van der Waals surface area contributed by atoms with E-state index in [9.17, 15) is 4.79 Å². The zero-order valence-electron chi connectivity index (χ0n) is 12.3. The standard InChI is InChI=1S/C14H21N5O2/c1-19(2)14(6-3-7-14)9-17-13(20)11-5-4-10(8-16-11)12(15)18-21/h4-5,8,21H,3,6-7,9H2,1-2H3,(H2,15,18)(H,17,20). The first-order valence-electron chi connectivity index (χ1n) is 6.88. The highest BCUT2D eigenvalue weighted by molar-refractivity contribution is 5.98. The molecule has 7 nitrogen and oxygen atoms in total. The highest BCUT2D eigenvalue weighted by Gasteiger charge is 2.39. The van der Waals surface area contributed by atoms with Crippen molar-refractivity contribution in [1.29, 1.82) is 0 Å². The molecule has 0 aliphatic heterocycles. The van der Waals surface area contributed by atoms with Crippen molar-refractivity contribution >= 4 is 11.7 Å². The summed E-state index contributed by atoms with van der Waals surface area (Å²) in [5, 5.41) is 14.4. The van der Waals surface area contributed by atoms with Gasteiger partial charge >= 0.3 is 0 Å². The number of pyridine rings is 1. The van der Waals surface area contributed by atoms with Crippen molar-refractivity contribution in [2.24, 2.45) is 10.9 Å². The zero-order valence-corrected chi connectivity index (χ0v) is 12.3. The fourth-order valence-electron chi connectivity index (χ4n) is 2.44. The molecule has 1 fully saturated rings. The van der Waals surface area contributed by atoms with Gasteiger partial charge in [0.05, 0.1) is 0 Å². The number of oxime groups is 1. The lowest BCUT2D eigenvalue weighted by Crippen LogP contribution is -2.57. The van der Waals surface area contributed by atoms with E-state index in [0.29, 0.717) is 17.8 Å². The second kappa shape index (κ2) is 6.09. The number of amidine groups is 1. The first kappa shape index (κ1) is 15.2. The minimum atomic E-state index is -0.214. The number of nitrogens with one attached hydrogen (secondary N) is 1. The van der Waals surface area contributed by atoms with E-state index in [0.717, 1.165) is 12.8 Å². The lowest BCUT2D eigenvalue weighted by atomic mass is 9.75. The summed E-state index contributed by atoms with van der Waals surface area (Å²) in [4.78, 5) is 18.3. The highest BCUT2D eigenvalue weighted by Crippen LogP contribution is 2.35. The van der Waals surface area contributed by atoms with E-state index in [1.807, 2.05) is 14.1 Å². The van der Waals surface area contributed by atoms with Crippen LogP contribution < -0.4 is 11.1 Å². The molecule has 1 aliphatic carbocycles. The zero-order chi connectivity index (χ0) is 15.5. The van der Waals surface area contributed by atoms with Gasteiger partial charge in [-0.15, -0.1) is 0 Å². The van der Waals surface area contributed by atoms with Crippen LogP contribution >= 0.6 is 0 Å². The van der Waals surface area contributed by atoms with Crippen molar-refractivity contribution < 1.29 is 10.0 Å². The van der Waals surface area contributed by atoms with E-state index >= 15 is 0 Å². The van der Waals surface area contributed by atoms with Crippen molar-refractivity contribution in [3.05, 3.63) is 29.6 Å². The van der Waals surface area contributed by atoms with Gasteiger partial charge in [0, 0.05) is 23.8 Å². The fraction of sp³-hybridized carbons (Fsp3) is 0.500. The number of amides is 1. The number of rotatable bonds is 5. The van der Waals surface area contributed by atoms with Crippen LogP contribution in [-0.4, -0.2) is 53.0 Å². The molecule has 0 radical (unpaired) electrons. The number of carbonyl (C=O) groups is 1. The largest absolute Gasteiger partial charge is 0.409 e. The summed E-state index contributed by atoms with van der Waals surface area (Å²) >= 11 is 0. The molecule has 7 heteroatoms. The Bertz CT molecular complexity index is 535. The number of nitrogens with zero attached hydrogens (tertiary/aromatic N) is 3. The maximum absolute atomic E-state index is 12.1. The van der Waals surface area contributed by atoms with Crippen LogP contribution in [-0.2, 0) is 0 Å². The Morgan fingerprint density at radius 3 is 2.67 bits per heavy atom. The topological polar surface area (TPSA) is 104 Å². The number of aromatic nitrogens is 1. The van der Waals surface area contributed by atoms with E-state index in [2.05, 4.69) is 20.4 Å². The molecular formula is C14H21N5O2. The average Bonchev–Trinajstić information content (AvgIpc) is 2.44. The van der Waals surface area contributed by atoms with Gasteiger partial charge in [-0.2, -0.15) is 0 Å². The molecule has 0 atom stereocenters. The lowest BCUT2D eigenvalue weighted by molar-refractivity contribution is 0.0556. The quantitative estimate of drug-likeness (QED) is 0.315. The Kier molecular flexibility index (Phi) is 4.42. The summed E-state index contributed by atoms with van der Waals surface area (Å²) < 4.78 is 0. The SMILES string of the molecule is CN(C)C1(CNC(=O)c2ccc(/C(N)=N/O)cn2)CCC1. The van der Waals surface area contributed by atoms with Gasteiger partial charge < -0.3 is 21.2 Å². The van der Waals surface area contributed by atoms with E-state index in [1.165, 1.54) is 12.6 Å². The van der Waals surface area contributed by atoms with Crippen LogP contribution in [0, 0.1) is 0 Å². The average molecular weight is 291 g/mol. The summed E-state index contributed by atoms with van der Waals surface area (Å²) in [5.74, 6) is -0.246. The Labute approximate surface area is 123 Å². The molecule has 0 aromatic carbocycles. The molecule has 0 unspecified atom stereocenters. The summed E-state index contributed by atoms with van der Waals surface area (Å²) in [6, 6.07) is 3.16. The van der Waals surface area contributed by atoms with E-state index < -0.39 is 0 Å². The molecule has 1 aliphatic rings. The Morgan fingerprint density at radius 1 is 1.52 bits per heavy atom. The molecule has 1 heterocycles. The predicted octanol–water partition coefficient (Wildman–Crippen LogP) is 0.390. The third-order valence-corrected chi connectivity index (χ3v) is 4.21. The van der Waals surface area contributed by atoms with Crippen LogP contribution in [0.1, 0.15) is 35.3 Å². The molecule has 1 aromatic rings. The Balaban J connectivity index is 1.97. The normalized spacial score (nSPS) is 17.4. The number of likely N-dealkylation sites (N-methyl/N-ethyl adjacent to an activating group) is 1. The predicted molar refractivity (Wildman–Crippen MR) is 79.4 cm³/mol. The monoisotopic (exact) mass is 291 g/mol. The number of hydrogen-bond acceptors (Lipinski definition) is 5. The first-order valence-corrected chi connectivity index (χ1v) is 6.88. The number of hydrogen-bond donors (Lipinski definition) is 3. The van der Waals surface area contributed by atoms with Crippen LogP contribution in [0.25, 0.3) is 0 Å². The summed E-state index contributed by atoms with van der Waals surface area (Å²) in [5.41, 5.74) is 6.31. The summed E-state index contributed by atoms with van der Waals surface area (Å²) in [6.07, 6.45) is 4.79. The second-order valence-electron chi connectivity index (χ2n) is 5.57.